The fraction of sp³-hybridized carbons (Fsp3) is 0. The molecular weight excluding hydrogens is 534 g/mol. The molecule has 1 aliphatic rings. The lowest BCUT2D eigenvalue weighted by Crippen LogP contribution is -1.97. The van der Waals surface area contributed by atoms with E-state index in [4.69, 9.17) is 4.74 Å². The summed E-state index contributed by atoms with van der Waals surface area (Å²) in [6.45, 7) is 0. The summed E-state index contributed by atoms with van der Waals surface area (Å²) in [5.74, 6) is 1.68. The van der Waals surface area contributed by atoms with Gasteiger partial charge in [-0.25, -0.2) is 0 Å². The van der Waals surface area contributed by atoms with E-state index < -0.39 is 0 Å². The Kier molecular flexibility index (Phi) is 5.54. The standard InChI is InChI=1S/C42H27NO/c1-3-15-31-29(13-1)30-14-2-4-16-32(30)38-27-28(43-39-21-9-5-17-34(39)35-18-6-10-22-40(35)43)25-26-33(38)37-20-8-12-24-42(37)44-41-23-11-7-19-36(31)41/h1-27H. The number of para-hydroxylation sites is 4. The van der Waals surface area contributed by atoms with Crippen LogP contribution in [0, 0.1) is 0 Å². The van der Waals surface area contributed by atoms with E-state index in [0.717, 1.165) is 45.0 Å². The molecule has 0 aliphatic carbocycles. The quantitative estimate of drug-likeness (QED) is 0.194. The van der Waals surface area contributed by atoms with Crippen molar-refractivity contribution in [1.29, 1.82) is 0 Å². The molecule has 0 atom stereocenters. The van der Waals surface area contributed by atoms with E-state index in [1.165, 1.54) is 38.5 Å². The molecule has 2 heterocycles. The summed E-state index contributed by atoms with van der Waals surface area (Å²) < 4.78 is 9.19. The second-order valence-corrected chi connectivity index (χ2v) is 11.3. The van der Waals surface area contributed by atoms with Crippen LogP contribution in [0.5, 0.6) is 11.5 Å². The Labute approximate surface area is 256 Å². The van der Waals surface area contributed by atoms with E-state index >= 15 is 0 Å². The van der Waals surface area contributed by atoms with Crippen molar-refractivity contribution in [3.8, 4) is 61.7 Å². The van der Waals surface area contributed by atoms with Crippen molar-refractivity contribution >= 4 is 21.8 Å². The molecule has 0 fully saturated rings. The van der Waals surface area contributed by atoms with E-state index in [0.29, 0.717) is 0 Å². The summed E-state index contributed by atoms with van der Waals surface area (Å²) >= 11 is 0. The number of hydrogen-bond acceptors (Lipinski definition) is 1. The summed E-state index contributed by atoms with van der Waals surface area (Å²) in [4.78, 5) is 0. The van der Waals surface area contributed by atoms with Crippen LogP contribution in [0.25, 0.3) is 72.0 Å². The summed E-state index contributed by atoms with van der Waals surface area (Å²) in [5.41, 5.74) is 12.7. The molecular formula is C42H27NO. The molecule has 0 amide bonds. The van der Waals surface area contributed by atoms with Gasteiger partial charge in [-0.1, -0.05) is 127 Å². The van der Waals surface area contributed by atoms with Crippen molar-refractivity contribution in [2.45, 2.75) is 0 Å². The zero-order chi connectivity index (χ0) is 29.0. The molecule has 206 valence electrons. The van der Waals surface area contributed by atoms with E-state index in [9.17, 15) is 0 Å². The van der Waals surface area contributed by atoms with E-state index in [1.54, 1.807) is 0 Å². The highest BCUT2D eigenvalue weighted by molar-refractivity contribution is 6.09. The lowest BCUT2D eigenvalue weighted by Gasteiger charge is -2.19. The minimum atomic E-state index is 0.836. The molecule has 0 radical (unpaired) electrons. The van der Waals surface area contributed by atoms with Crippen molar-refractivity contribution < 1.29 is 4.74 Å². The monoisotopic (exact) mass is 561 g/mol. The van der Waals surface area contributed by atoms with Crippen LogP contribution in [0.15, 0.2) is 164 Å². The van der Waals surface area contributed by atoms with Crippen LogP contribution >= 0.6 is 0 Å². The molecule has 0 spiro atoms. The van der Waals surface area contributed by atoms with Crippen molar-refractivity contribution in [1.82, 2.24) is 4.57 Å². The average Bonchev–Trinajstić information content (AvgIpc) is 3.42. The van der Waals surface area contributed by atoms with Gasteiger partial charge < -0.3 is 9.30 Å². The summed E-state index contributed by atoms with van der Waals surface area (Å²) in [7, 11) is 0. The van der Waals surface area contributed by atoms with Crippen molar-refractivity contribution in [2.75, 3.05) is 0 Å². The fourth-order valence-electron chi connectivity index (χ4n) is 6.91. The average molecular weight is 562 g/mol. The van der Waals surface area contributed by atoms with Crippen LogP contribution in [0.3, 0.4) is 0 Å². The Hall–Kier alpha value is -5.86. The second-order valence-electron chi connectivity index (χ2n) is 11.3. The summed E-state index contributed by atoms with van der Waals surface area (Å²) in [5, 5.41) is 2.51. The van der Waals surface area contributed by atoms with Gasteiger partial charge in [0.15, 0.2) is 0 Å². The molecule has 1 aromatic heterocycles. The topological polar surface area (TPSA) is 14.2 Å². The smallest absolute Gasteiger partial charge is 0.135 e. The molecule has 0 bridgehead atoms. The number of fused-ring (bicyclic) bond motifs is 12. The van der Waals surface area contributed by atoms with Crippen LogP contribution in [-0.4, -0.2) is 4.57 Å². The zero-order valence-corrected chi connectivity index (χ0v) is 23.9. The first-order valence-electron chi connectivity index (χ1n) is 15.0. The van der Waals surface area contributed by atoms with Crippen molar-refractivity contribution in [2.24, 2.45) is 0 Å². The van der Waals surface area contributed by atoms with Crippen LogP contribution in [0.1, 0.15) is 0 Å². The number of rotatable bonds is 1. The largest absolute Gasteiger partial charge is 0.456 e. The first kappa shape index (κ1) is 24.7. The number of hydrogen-bond donors (Lipinski definition) is 0. The molecule has 44 heavy (non-hydrogen) atoms. The first-order chi connectivity index (χ1) is 21.8. The Bertz CT molecular complexity index is 2320. The first-order valence-corrected chi connectivity index (χ1v) is 15.0. The highest BCUT2D eigenvalue weighted by Gasteiger charge is 2.22. The highest BCUT2D eigenvalue weighted by Crippen LogP contribution is 2.48. The fourth-order valence-corrected chi connectivity index (χ4v) is 6.91. The third-order valence-electron chi connectivity index (χ3n) is 8.85. The predicted molar refractivity (Wildman–Crippen MR) is 183 cm³/mol. The Balaban J connectivity index is 1.41. The lowest BCUT2D eigenvalue weighted by atomic mass is 9.86. The molecule has 9 rings (SSSR count). The lowest BCUT2D eigenvalue weighted by molar-refractivity contribution is 0.486. The maximum atomic E-state index is 6.80. The van der Waals surface area contributed by atoms with Crippen LogP contribution in [0.2, 0.25) is 0 Å². The van der Waals surface area contributed by atoms with Crippen molar-refractivity contribution in [3.63, 3.8) is 0 Å². The maximum Gasteiger partial charge on any atom is 0.135 e. The number of aromatic nitrogens is 1. The van der Waals surface area contributed by atoms with Crippen LogP contribution < -0.4 is 4.74 Å². The van der Waals surface area contributed by atoms with Crippen molar-refractivity contribution in [3.05, 3.63) is 164 Å². The highest BCUT2D eigenvalue weighted by atomic mass is 16.5. The number of nitrogens with zero attached hydrogens (tertiary/aromatic N) is 1. The van der Waals surface area contributed by atoms with Gasteiger partial charge in [0.25, 0.3) is 0 Å². The maximum absolute atomic E-state index is 6.80. The third-order valence-corrected chi connectivity index (χ3v) is 8.85. The third kappa shape index (κ3) is 3.75. The predicted octanol–water partition coefficient (Wildman–Crippen LogP) is 11.6. The van der Waals surface area contributed by atoms with Gasteiger partial charge >= 0.3 is 0 Å². The molecule has 0 unspecified atom stereocenters. The SMILES string of the molecule is c1ccc2c(c1)Oc1ccccc1-c1ccc(-n3c4ccccc4c4ccccc43)cc1-c1ccccc1-c1ccccc1-2. The molecule has 8 aromatic rings. The van der Waals surface area contributed by atoms with Gasteiger partial charge in [0.2, 0.25) is 0 Å². The molecule has 2 nitrogen and oxygen atoms in total. The normalized spacial score (nSPS) is 11.8. The minimum absolute atomic E-state index is 0.836. The van der Waals surface area contributed by atoms with E-state index in [-0.39, 0.29) is 0 Å². The van der Waals surface area contributed by atoms with E-state index in [1.807, 2.05) is 6.07 Å². The number of ether oxygens (including phenoxy) is 1. The molecule has 7 aromatic carbocycles. The molecule has 0 saturated heterocycles. The summed E-state index contributed by atoms with van der Waals surface area (Å²) in [6.07, 6.45) is 0. The molecule has 2 heteroatoms. The molecule has 0 saturated carbocycles. The molecule has 1 aliphatic heterocycles. The summed E-state index contributed by atoms with van der Waals surface area (Å²) in [6, 6.07) is 58.5. The second kappa shape index (κ2) is 9.86. The van der Waals surface area contributed by atoms with Crippen LogP contribution in [-0.2, 0) is 0 Å². The van der Waals surface area contributed by atoms with Gasteiger partial charge in [0.05, 0.1) is 11.0 Å². The van der Waals surface area contributed by atoms with Gasteiger partial charge in [-0.3, -0.25) is 0 Å². The van der Waals surface area contributed by atoms with Gasteiger partial charge in [-0.05, 0) is 69.8 Å². The van der Waals surface area contributed by atoms with Gasteiger partial charge in [-0.2, -0.15) is 0 Å². The Morgan fingerprint density at radius 1 is 0.318 bits per heavy atom. The minimum Gasteiger partial charge on any atom is -0.456 e. The zero-order valence-electron chi connectivity index (χ0n) is 23.9. The molecule has 0 N–H and O–H groups in total. The Morgan fingerprint density at radius 3 is 1.25 bits per heavy atom. The van der Waals surface area contributed by atoms with E-state index in [2.05, 4.69) is 162 Å². The van der Waals surface area contributed by atoms with Gasteiger partial charge in [-0.15, -0.1) is 0 Å². The number of benzene rings is 7. The van der Waals surface area contributed by atoms with Gasteiger partial charge in [0.1, 0.15) is 11.5 Å². The van der Waals surface area contributed by atoms with Gasteiger partial charge in [0, 0.05) is 27.6 Å². The Morgan fingerprint density at radius 2 is 0.705 bits per heavy atom. The van der Waals surface area contributed by atoms with Crippen LogP contribution in [0.4, 0.5) is 0 Å².